The lowest BCUT2D eigenvalue weighted by Gasteiger charge is -2.11. The van der Waals surface area contributed by atoms with Crippen LogP contribution in [0.2, 0.25) is 5.02 Å². The molecular weight excluding hydrogens is 403 g/mol. The molecule has 1 amide bonds. The SMILES string of the molecule is CC(Sc1nnc(-c2c[nH]c3ccccc23)o1)C(=O)Nc1ccc(F)cc1Cl. The largest absolute Gasteiger partial charge is 0.411 e. The summed E-state index contributed by atoms with van der Waals surface area (Å²) >= 11 is 7.06. The molecule has 2 heterocycles. The average Bonchev–Trinajstić information content (AvgIpc) is 3.30. The molecule has 4 aromatic rings. The first-order valence-corrected chi connectivity index (χ1v) is 9.59. The van der Waals surface area contributed by atoms with Gasteiger partial charge in [0, 0.05) is 17.1 Å². The van der Waals surface area contributed by atoms with Gasteiger partial charge in [0.1, 0.15) is 5.82 Å². The highest BCUT2D eigenvalue weighted by Gasteiger charge is 2.20. The zero-order valence-corrected chi connectivity index (χ0v) is 16.1. The molecule has 28 heavy (non-hydrogen) atoms. The van der Waals surface area contributed by atoms with E-state index in [1.807, 2.05) is 24.3 Å². The highest BCUT2D eigenvalue weighted by molar-refractivity contribution is 8.00. The number of carbonyl (C=O) groups is 1. The summed E-state index contributed by atoms with van der Waals surface area (Å²) in [7, 11) is 0. The molecule has 1 atom stereocenters. The molecule has 2 N–H and O–H groups in total. The highest BCUT2D eigenvalue weighted by atomic mass is 35.5. The van der Waals surface area contributed by atoms with Gasteiger partial charge < -0.3 is 14.7 Å². The van der Waals surface area contributed by atoms with Crippen molar-refractivity contribution in [1.82, 2.24) is 15.2 Å². The second-order valence-corrected chi connectivity index (χ2v) is 7.69. The Kier molecular flexibility index (Phi) is 5.06. The van der Waals surface area contributed by atoms with Crippen molar-refractivity contribution in [2.45, 2.75) is 17.4 Å². The molecule has 0 saturated carbocycles. The molecule has 0 bridgehead atoms. The van der Waals surface area contributed by atoms with Gasteiger partial charge in [-0.2, -0.15) is 0 Å². The first kappa shape index (κ1) is 18.5. The van der Waals surface area contributed by atoms with Crippen LogP contribution < -0.4 is 5.32 Å². The molecular formula is C19H14ClFN4O2S. The number of thioether (sulfide) groups is 1. The van der Waals surface area contributed by atoms with Gasteiger partial charge >= 0.3 is 0 Å². The van der Waals surface area contributed by atoms with Crippen LogP contribution in [0, 0.1) is 5.82 Å². The van der Waals surface area contributed by atoms with E-state index in [4.69, 9.17) is 16.0 Å². The Hall–Kier alpha value is -2.84. The molecule has 2 aromatic carbocycles. The van der Waals surface area contributed by atoms with Crippen molar-refractivity contribution in [3.63, 3.8) is 0 Å². The smallest absolute Gasteiger partial charge is 0.277 e. The van der Waals surface area contributed by atoms with Crippen molar-refractivity contribution in [3.05, 3.63) is 59.5 Å². The van der Waals surface area contributed by atoms with E-state index in [-0.39, 0.29) is 16.2 Å². The normalized spacial score (nSPS) is 12.2. The number of halogens is 2. The van der Waals surface area contributed by atoms with Gasteiger partial charge in [-0.05, 0) is 31.2 Å². The van der Waals surface area contributed by atoms with E-state index in [2.05, 4.69) is 20.5 Å². The van der Waals surface area contributed by atoms with E-state index in [0.29, 0.717) is 11.6 Å². The number of hydrogen-bond acceptors (Lipinski definition) is 5. The monoisotopic (exact) mass is 416 g/mol. The predicted octanol–water partition coefficient (Wildman–Crippen LogP) is 5.13. The van der Waals surface area contributed by atoms with Gasteiger partial charge in [-0.25, -0.2) is 4.39 Å². The van der Waals surface area contributed by atoms with Crippen LogP contribution in [-0.2, 0) is 4.79 Å². The molecule has 0 radical (unpaired) electrons. The third kappa shape index (κ3) is 3.74. The Morgan fingerprint density at radius 1 is 1.29 bits per heavy atom. The summed E-state index contributed by atoms with van der Waals surface area (Å²) in [5, 5.41) is 11.6. The lowest BCUT2D eigenvalue weighted by molar-refractivity contribution is -0.115. The molecule has 0 aliphatic rings. The summed E-state index contributed by atoms with van der Waals surface area (Å²) in [5.41, 5.74) is 2.10. The summed E-state index contributed by atoms with van der Waals surface area (Å²) in [4.78, 5) is 15.5. The Bertz CT molecular complexity index is 1160. The van der Waals surface area contributed by atoms with Gasteiger partial charge in [-0.1, -0.05) is 41.6 Å². The van der Waals surface area contributed by atoms with Gasteiger partial charge in [-0.3, -0.25) is 4.79 Å². The number of hydrogen-bond donors (Lipinski definition) is 2. The number of nitrogens with zero attached hydrogens (tertiary/aromatic N) is 2. The van der Waals surface area contributed by atoms with E-state index < -0.39 is 11.1 Å². The molecule has 0 saturated heterocycles. The maximum absolute atomic E-state index is 13.1. The Labute approximate surface area is 168 Å². The summed E-state index contributed by atoms with van der Waals surface area (Å²) in [6.45, 7) is 1.70. The van der Waals surface area contributed by atoms with Crippen molar-refractivity contribution in [2.24, 2.45) is 0 Å². The van der Waals surface area contributed by atoms with Crippen LogP contribution in [-0.4, -0.2) is 26.3 Å². The fourth-order valence-corrected chi connectivity index (χ4v) is 3.54. The van der Waals surface area contributed by atoms with E-state index in [0.717, 1.165) is 34.3 Å². The summed E-state index contributed by atoms with van der Waals surface area (Å²) in [6, 6.07) is 11.6. The number of benzene rings is 2. The lowest BCUT2D eigenvalue weighted by Crippen LogP contribution is -2.22. The Morgan fingerprint density at radius 2 is 2.11 bits per heavy atom. The number of rotatable bonds is 5. The average molecular weight is 417 g/mol. The predicted molar refractivity (Wildman–Crippen MR) is 107 cm³/mol. The molecule has 142 valence electrons. The van der Waals surface area contributed by atoms with Crippen LogP contribution >= 0.6 is 23.4 Å². The molecule has 4 rings (SSSR count). The molecule has 0 aliphatic heterocycles. The van der Waals surface area contributed by atoms with Crippen LogP contribution in [0.15, 0.2) is 58.3 Å². The number of carbonyl (C=O) groups excluding carboxylic acids is 1. The lowest BCUT2D eigenvalue weighted by atomic mass is 10.2. The van der Waals surface area contributed by atoms with Crippen LogP contribution in [0.1, 0.15) is 6.92 Å². The van der Waals surface area contributed by atoms with Gasteiger partial charge in [0.15, 0.2) is 0 Å². The zero-order chi connectivity index (χ0) is 19.7. The number of fused-ring (bicyclic) bond motifs is 1. The van der Waals surface area contributed by atoms with Gasteiger partial charge in [0.25, 0.3) is 11.1 Å². The second-order valence-electron chi connectivity index (χ2n) is 5.99. The Morgan fingerprint density at radius 3 is 2.93 bits per heavy atom. The summed E-state index contributed by atoms with van der Waals surface area (Å²) < 4.78 is 18.8. The maximum Gasteiger partial charge on any atom is 0.277 e. The quantitative estimate of drug-likeness (QED) is 0.440. The summed E-state index contributed by atoms with van der Waals surface area (Å²) in [5.74, 6) is -0.416. The van der Waals surface area contributed by atoms with E-state index >= 15 is 0 Å². The zero-order valence-electron chi connectivity index (χ0n) is 14.6. The van der Waals surface area contributed by atoms with Crippen molar-refractivity contribution in [1.29, 1.82) is 0 Å². The minimum Gasteiger partial charge on any atom is -0.411 e. The number of amides is 1. The number of nitrogens with one attached hydrogen (secondary N) is 2. The van der Waals surface area contributed by atoms with Crippen molar-refractivity contribution in [2.75, 3.05) is 5.32 Å². The van der Waals surface area contributed by atoms with Gasteiger partial charge in [-0.15, -0.1) is 10.2 Å². The minimum absolute atomic E-state index is 0.130. The maximum atomic E-state index is 13.1. The molecule has 6 nitrogen and oxygen atoms in total. The second kappa shape index (κ2) is 7.65. The van der Waals surface area contributed by atoms with E-state index in [9.17, 15) is 9.18 Å². The fourth-order valence-electron chi connectivity index (χ4n) is 2.64. The van der Waals surface area contributed by atoms with E-state index in [1.54, 1.807) is 13.1 Å². The van der Waals surface area contributed by atoms with Crippen LogP contribution in [0.25, 0.3) is 22.4 Å². The minimum atomic E-state index is -0.530. The molecule has 2 aromatic heterocycles. The van der Waals surface area contributed by atoms with Crippen LogP contribution in [0.5, 0.6) is 0 Å². The number of H-pyrrole nitrogens is 1. The molecule has 9 heteroatoms. The Balaban J connectivity index is 1.46. The van der Waals surface area contributed by atoms with Gasteiger partial charge in [0.05, 0.1) is 21.5 Å². The third-order valence-electron chi connectivity index (χ3n) is 4.06. The van der Waals surface area contributed by atoms with Crippen LogP contribution in [0.4, 0.5) is 10.1 Å². The third-order valence-corrected chi connectivity index (χ3v) is 5.31. The van der Waals surface area contributed by atoms with Crippen LogP contribution in [0.3, 0.4) is 0 Å². The topological polar surface area (TPSA) is 83.8 Å². The first-order valence-electron chi connectivity index (χ1n) is 8.34. The number of aromatic nitrogens is 3. The molecule has 0 fully saturated rings. The molecule has 0 aliphatic carbocycles. The van der Waals surface area contributed by atoms with Crippen molar-refractivity contribution in [3.8, 4) is 11.5 Å². The van der Waals surface area contributed by atoms with Gasteiger partial charge in [0.2, 0.25) is 5.91 Å². The summed E-state index contributed by atoms with van der Waals surface area (Å²) in [6.07, 6.45) is 1.80. The first-order chi connectivity index (χ1) is 13.5. The number of para-hydroxylation sites is 1. The highest BCUT2D eigenvalue weighted by Crippen LogP contribution is 2.31. The van der Waals surface area contributed by atoms with E-state index in [1.165, 1.54) is 12.1 Å². The number of anilines is 1. The fraction of sp³-hybridized carbons (Fsp3) is 0.105. The molecule has 1 unspecified atom stereocenters. The number of aromatic amines is 1. The van der Waals surface area contributed by atoms with Crippen molar-refractivity contribution >= 4 is 45.9 Å². The molecule has 0 spiro atoms. The standard InChI is InChI=1S/C19H14ClFN4O2S/c1-10(17(26)23-16-7-6-11(21)8-14(16)20)28-19-25-24-18(27-19)13-9-22-15-5-3-2-4-12(13)15/h2-10,22H,1H3,(H,23,26). The van der Waals surface area contributed by atoms with Crippen molar-refractivity contribution < 1.29 is 13.6 Å².